The standard InChI is InChI=1S/C11H11ClO/c1-3-10(12)8-9-4-6-11(13-2)7-5-9/h1,4-7,10H,8H2,2H3. The zero-order valence-corrected chi connectivity index (χ0v) is 8.21. The molecule has 0 saturated heterocycles. The monoisotopic (exact) mass is 194 g/mol. The number of ether oxygens (including phenoxy) is 1. The first kappa shape index (κ1) is 9.95. The van der Waals surface area contributed by atoms with Crippen molar-refractivity contribution in [2.24, 2.45) is 0 Å². The van der Waals surface area contributed by atoms with E-state index >= 15 is 0 Å². The maximum atomic E-state index is 5.81. The maximum absolute atomic E-state index is 5.81. The Balaban J connectivity index is 2.65. The van der Waals surface area contributed by atoms with Crippen molar-refractivity contribution in [3.05, 3.63) is 29.8 Å². The fourth-order valence-corrected chi connectivity index (χ4v) is 1.21. The van der Waals surface area contributed by atoms with Crippen molar-refractivity contribution in [1.82, 2.24) is 0 Å². The molecule has 0 aliphatic rings. The molecule has 2 heteroatoms. The Morgan fingerprint density at radius 1 is 1.46 bits per heavy atom. The van der Waals surface area contributed by atoms with E-state index in [1.807, 2.05) is 24.3 Å². The van der Waals surface area contributed by atoms with Crippen molar-refractivity contribution < 1.29 is 4.74 Å². The van der Waals surface area contributed by atoms with Crippen LogP contribution < -0.4 is 4.74 Å². The van der Waals surface area contributed by atoms with Crippen LogP contribution in [0.5, 0.6) is 5.75 Å². The van der Waals surface area contributed by atoms with Crippen LogP contribution in [-0.2, 0) is 6.42 Å². The van der Waals surface area contributed by atoms with Gasteiger partial charge in [0.05, 0.1) is 12.5 Å². The molecule has 0 N–H and O–H groups in total. The van der Waals surface area contributed by atoms with Gasteiger partial charge in [-0.05, 0) is 24.1 Å². The molecule has 68 valence electrons. The lowest BCUT2D eigenvalue weighted by Gasteiger charge is -2.03. The van der Waals surface area contributed by atoms with Gasteiger partial charge in [0.1, 0.15) is 5.75 Å². The highest BCUT2D eigenvalue weighted by Crippen LogP contribution is 2.13. The van der Waals surface area contributed by atoms with Gasteiger partial charge in [0, 0.05) is 0 Å². The van der Waals surface area contributed by atoms with E-state index in [1.165, 1.54) is 0 Å². The van der Waals surface area contributed by atoms with E-state index in [4.69, 9.17) is 22.8 Å². The van der Waals surface area contributed by atoms with E-state index in [2.05, 4.69) is 5.92 Å². The second-order valence-electron chi connectivity index (χ2n) is 2.69. The van der Waals surface area contributed by atoms with Gasteiger partial charge in [-0.3, -0.25) is 0 Å². The average molecular weight is 195 g/mol. The highest BCUT2D eigenvalue weighted by Gasteiger charge is 2.01. The molecule has 1 aromatic rings. The fourth-order valence-electron chi connectivity index (χ4n) is 1.03. The van der Waals surface area contributed by atoms with Gasteiger partial charge in [0.15, 0.2) is 0 Å². The molecule has 0 heterocycles. The highest BCUT2D eigenvalue weighted by molar-refractivity contribution is 6.22. The third-order valence-corrected chi connectivity index (χ3v) is 2.04. The van der Waals surface area contributed by atoms with E-state index < -0.39 is 0 Å². The summed E-state index contributed by atoms with van der Waals surface area (Å²) in [6.45, 7) is 0. The Bertz CT molecular complexity index is 297. The molecule has 0 fully saturated rings. The summed E-state index contributed by atoms with van der Waals surface area (Å²) in [5.74, 6) is 3.32. The van der Waals surface area contributed by atoms with Crippen LogP contribution in [0.3, 0.4) is 0 Å². The molecule has 0 aliphatic heterocycles. The number of methoxy groups -OCH3 is 1. The minimum atomic E-state index is -0.228. The second-order valence-corrected chi connectivity index (χ2v) is 3.21. The molecule has 0 aromatic heterocycles. The number of halogens is 1. The van der Waals surface area contributed by atoms with Gasteiger partial charge in [0.25, 0.3) is 0 Å². The predicted octanol–water partition coefficient (Wildman–Crippen LogP) is 2.48. The van der Waals surface area contributed by atoms with Gasteiger partial charge in [0.2, 0.25) is 0 Å². The third kappa shape index (κ3) is 3.01. The summed E-state index contributed by atoms with van der Waals surface area (Å²) in [4.78, 5) is 0. The number of alkyl halides is 1. The molecule has 1 nitrogen and oxygen atoms in total. The highest BCUT2D eigenvalue weighted by atomic mass is 35.5. The zero-order chi connectivity index (χ0) is 9.68. The summed E-state index contributed by atoms with van der Waals surface area (Å²) in [6, 6.07) is 7.72. The average Bonchev–Trinajstić information content (AvgIpc) is 2.19. The molecule has 0 radical (unpaired) electrons. The first-order chi connectivity index (χ1) is 6.26. The zero-order valence-electron chi connectivity index (χ0n) is 7.46. The van der Waals surface area contributed by atoms with Crippen LogP contribution >= 0.6 is 11.6 Å². The molecule has 1 aromatic carbocycles. The minimum absolute atomic E-state index is 0.228. The number of hydrogen-bond donors (Lipinski definition) is 0. The van der Waals surface area contributed by atoms with Crippen molar-refractivity contribution >= 4 is 11.6 Å². The third-order valence-electron chi connectivity index (χ3n) is 1.75. The fraction of sp³-hybridized carbons (Fsp3) is 0.273. The molecule has 13 heavy (non-hydrogen) atoms. The summed E-state index contributed by atoms with van der Waals surface area (Å²) >= 11 is 5.81. The van der Waals surface area contributed by atoms with Gasteiger partial charge in [-0.1, -0.05) is 18.1 Å². The molecule has 1 rings (SSSR count). The smallest absolute Gasteiger partial charge is 0.118 e. The lowest BCUT2D eigenvalue weighted by atomic mass is 10.1. The van der Waals surface area contributed by atoms with Crippen LogP contribution in [0.25, 0.3) is 0 Å². The summed E-state index contributed by atoms with van der Waals surface area (Å²) in [5.41, 5.74) is 1.12. The normalized spacial score (nSPS) is 11.8. The molecule has 0 bridgehead atoms. The summed E-state index contributed by atoms with van der Waals surface area (Å²) in [6.07, 6.45) is 5.87. The van der Waals surface area contributed by atoms with Gasteiger partial charge in [-0.2, -0.15) is 0 Å². The largest absolute Gasteiger partial charge is 0.497 e. The van der Waals surface area contributed by atoms with Gasteiger partial charge < -0.3 is 4.74 Å². The van der Waals surface area contributed by atoms with Gasteiger partial charge >= 0.3 is 0 Å². The SMILES string of the molecule is C#CC(Cl)Cc1ccc(OC)cc1. The predicted molar refractivity (Wildman–Crippen MR) is 55.2 cm³/mol. The van der Waals surface area contributed by atoms with Crippen LogP contribution in [0.1, 0.15) is 5.56 Å². The number of terminal acetylenes is 1. The number of hydrogen-bond acceptors (Lipinski definition) is 1. The molecule has 0 aliphatic carbocycles. The van der Waals surface area contributed by atoms with Crippen LogP contribution in [0.4, 0.5) is 0 Å². The summed E-state index contributed by atoms with van der Waals surface area (Å²) in [5, 5.41) is -0.228. The molecule has 1 unspecified atom stereocenters. The topological polar surface area (TPSA) is 9.23 Å². The Kier molecular flexibility index (Phi) is 3.67. The molecule has 0 spiro atoms. The summed E-state index contributed by atoms with van der Waals surface area (Å²) < 4.78 is 5.03. The van der Waals surface area contributed by atoms with Crippen LogP contribution in [0, 0.1) is 12.3 Å². The molecular weight excluding hydrogens is 184 g/mol. The first-order valence-electron chi connectivity index (χ1n) is 3.99. The first-order valence-corrected chi connectivity index (χ1v) is 4.43. The van der Waals surface area contributed by atoms with E-state index in [9.17, 15) is 0 Å². The number of benzene rings is 1. The van der Waals surface area contributed by atoms with E-state index in [-0.39, 0.29) is 5.38 Å². The van der Waals surface area contributed by atoms with Crippen LogP contribution in [0.15, 0.2) is 24.3 Å². The lowest BCUT2D eigenvalue weighted by Crippen LogP contribution is -1.99. The Morgan fingerprint density at radius 2 is 2.08 bits per heavy atom. The molecule has 0 saturated carbocycles. The Morgan fingerprint density at radius 3 is 2.54 bits per heavy atom. The molecular formula is C11H11ClO. The van der Waals surface area contributed by atoms with E-state index in [1.54, 1.807) is 7.11 Å². The second kappa shape index (κ2) is 4.79. The molecule has 0 amide bonds. The Labute approximate surface area is 83.7 Å². The van der Waals surface area contributed by atoms with Gasteiger partial charge in [-0.25, -0.2) is 0 Å². The van der Waals surface area contributed by atoms with Crippen molar-refractivity contribution in [1.29, 1.82) is 0 Å². The van der Waals surface area contributed by atoms with E-state index in [0.717, 1.165) is 11.3 Å². The van der Waals surface area contributed by atoms with Crippen molar-refractivity contribution in [2.75, 3.05) is 7.11 Å². The number of rotatable bonds is 3. The van der Waals surface area contributed by atoms with Crippen molar-refractivity contribution in [3.63, 3.8) is 0 Å². The molecule has 1 atom stereocenters. The van der Waals surface area contributed by atoms with Gasteiger partial charge in [-0.15, -0.1) is 18.0 Å². The van der Waals surface area contributed by atoms with Crippen LogP contribution in [0.2, 0.25) is 0 Å². The van der Waals surface area contributed by atoms with Crippen molar-refractivity contribution in [2.45, 2.75) is 11.8 Å². The maximum Gasteiger partial charge on any atom is 0.118 e. The lowest BCUT2D eigenvalue weighted by molar-refractivity contribution is 0.414. The quantitative estimate of drug-likeness (QED) is 0.531. The summed E-state index contributed by atoms with van der Waals surface area (Å²) in [7, 11) is 1.64. The van der Waals surface area contributed by atoms with Crippen molar-refractivity contribution in [3.8, 4) is 18.1 Å². The van der Waals surface area contributed by atoms with E-state index in [0.29, 0.717) is 6.42 Å². The Hall–Kier alpha value is -1.13. The minimum Gasteiger partial charge on any atom is -0.497 e. The van der Waals surface area contributed by atoms with Crippen LogP contribution in [-0.4, -0.2) is 12.5 Å².